The number of aromatic nitrogens is 1. The summed E-state index contributed by atoms with van der Waals surface area (Å²) in [6, 6.07) is 15.3. The highest BCUT2D eigenvalue weighted by molar-refractivity contribution is 5.92. The third kappa shape index (κ3) is 2.94. The number of nitrogens with one attached hydrogen (secondary N) is 1. The minimum absolute atomic E-state index is 0.0268. The second-order valence-corrected chi connectivity index (χ2v) is 4.27. The van der Waals surface area contributed by atoms with E-state index >= 15 is 0 Å². The molecule has 0 aliphatic carbocycles. The zero-order chi connectivity index (χ0) is 13.0. The summed E-state index contributed by atoms with van der Waals surface area (Å²) in [4.78, 5) is 16.2. The zero-order valence-corrected chi connectivity index (χ0v) is 10.6. The van der Waals surface area contributed by atoms with Crippen LogP contribution in [0.5, 0.6) is 0 Å². The van der Waals surface area contributed by atoms with Crippen LogP contribution in [0.15, 0.2) is 48.5 Å². The van der Waals surface area contributed by atoms with Crippen LogP contribution in [0.3, 0.4) is 0 Å². The van der Waals surface area contributed by atoms with E-state index in [2.05, 4.69) is 10.3 Å². The Morgan fingerprint density at radius 1 is 1.11 bits per heavy atom. The molecule has 0 bridgehead atoms. The third-order valence-corrected chi connectivity index (χ3v) is 2.77. The predicted octanol–water partition coefficient (Wildman–Crippen LogP) is 2.88. The maximum Gasteiger partial charge on any atom is 0.270 e. The van der Waals surface area contributed by atoms with Crippen LogP contribution < -0.4 is 5.32 Å². The minimum atomic E-state index is -0.143. The second-order valence-electron chi connectivity index (χ2n) is 4.27. The fourth-order valence-corrected chi connectivity index (χ4v) is 1.77. The summed E-state index contributed by atoms with van der Waals surface area (Å²) in [5, 5.41) is 2.94. The summed E-state index contributed by atoms with van der Waals surface area (Å²) in [7, 11) is 0. The van der Waals surface area contributed by atoms with Crippen LogP contribution in [0.4, 0.5) is 0 Å². The summed E-state index contributed by atoms with van der Waals surface area (Å²) >= 11 is 0. The van der Waals surface area contributed by atoms with Crippen molar-refractivity contribution in [3.8, 4) is 0 Å². The Kier molecular flexibility index (Phi) is 3.72. The van der Waals surface area contributed by atoms with Crippen LogP contribution in [0.2, 0.25) is 0 Å². The lowest BCUT2D eigenvalue weighted by Gasteiger charge is -2.13. The highest BCUT2D eigenvalue weighted by Crippen LogP contribution is 2.11. The molecular formula is C15H16N2O. The summed E-state index contributed by atoms with van der Waals surface area (Å²) in [5.41, 5.74) is 2.38. The molecule has 3 nitrogen and oxygen atoms in total. The van der Waals surface area contributed by atoms with Gasteiger partial charge >= 0.3 is 0 Å². The van der Waals surface area contributed by atoms with Gasteiger partial charge in [0.25, 0.3) is 5.91 Å². The number of hydrogen-bond donors (Lipinski definition) is 1. The number of nitrogens with zero attached hydrogens (tertiary/aromatic N) is 1. The van der Waals surface area contributed by atoms with Gasteiger partial charge in [0.05, 0.1) is 6.04 Å². The molecule has 1 aromatic carbocycles. The average Bonchev–Trinajstić information content (AvgIpc) is 2.39. The average molecular weight is 240 g/mol. The monoisotopic (exact) mass is 240 g/mol. The van der Waals surface area contributed by atoms with Crippen molar-refractivity contribution >= 4 is 5.91 Å². The maximum absolute atomic E-state index is 12.0. The molecular weight excluding hydrogens is 224 g/mol. The van der Waals surface area contributed by atoms with Crippen molar-refractivity contribution in [1.82, 2.24) is 10.3 Å². The van der Waals surface area contributed by atoms with Gasteiger partial charge in [-0.1, -0.05) is 36.4 Å². The Labute approximate surface area is 107 Å². The van der Waals surface area contributed by atoms with E-state index in [-0.39, 0.29) is 11.9 Å². The first kappa shape index (κ1) is 12.3. The van der Waals surface area contributed by atoms with Gasteiger partial charge in [-0.15, -0.1) is 0 Å². The second kappa shape index (κ2) is 5.45. The standard InChI is InChI=1S/C15H16N2O/c1-11-7-6-10-14(16-11)15(18)17-12(2)13-8-4-3-5-9-13/h3-10,12H,1-2H3,(H,17,18)/t12-/m0/s1. The summed E-state index contributed by atoms with van der Waals surface area (Å²) in [5.74, 6) is -0.143. The number of pyridine rings is 1. The Bertz CT molecular complexity index is 537. The SMILES string of the molecule is Cc1cccc(C(=O)N[C@@H](C)c2ccccc2)n1. The molecule has 0 aliphatic rings. The van der Waals surface area contributed by atoms with Gasteiger partial charge in [-0.3, -0.25) is 4.79 Å². The number of carbonyl (C=O) groups is 1. The fourth-order valence-electron chi connectivity index (χ4n) is 1.77. The zero-order valence-electron chi connectivity index (χ0n) is 10.6. The van der Waals surface area contributed by atoms with Crippen molar-refractivity contribution in [2.45, 2.75) is 19.9 Å². The fraction of sp³-hybridized carbons (Fsp3) is 0.200. The Hall–Kier alpha value is -2.16. The van der Waals surface area contributed by atoms with E-state index in [0.29, 0.717) is 5.69 Å². The molecule has 92 valence electrons. The van der Waals surface area contributed by atoms with Crippen LogP contribution in [0, 0.1) is 6.92 Å². The Morgan fingerprint density at radius 3 is 2.50 bits per heavy atom. The van der Waals surface area contributed by atoms with Gasteiger partial charge in [0.15, 0.2) is 0 Å². The highest BCUT2D eigenvalue weighted by Gasteiger charge is 2.11. The molecule has 2 aromatic rings. The Balaban J connectivity index is 2.08. The van der Waals surface area contributed by atoms with E-state index < -0.39 is 0 Å². The van der Waals surface area contributed by atoms with Crippen molar-refractivity contribution < 1.29 is 4.79 Å². The molecule has 18 heavy (non-hydrogen) atoms. The minimum Gasteiger partial charge on any atom is -0.344 e. The molecule has 3 heteroatoms. The summed E-state index contributed by atoms with van der Waals surface area (Å²) in [6.45, 7) is 3.83. The van der Waals surface area contributed by atoms with Crippen LogP contribution >= 0.6 is 0 Å². The smallest absolute Gasteiger partial charge is 0.270 e. The molecule has 1 atom stereocenters. The normalized spacial score (nSPS) is 11.9. The van der Waals surface area contributed by atoms with Crippen LogP contribution in [-0.2, 0) is 0 Å². The van der Waals surface area contributed by atoms with E-state index in [1.54, 1.807) is 6.07 Å². The number of benzene rings is 1. The van der Waals surface area contributed by atoms with E-state index in [4.69, 9.17) is 0 Å². The first-order valence-electron chi connectivity index (χ1n) is 5.96. The van der Waals surface area contributed by atoms with Crippen LogP contribution in [0.1, 0.15) is 34.7 Å². The van der Waals surface area contributed by atoms with Gasteiger partial charge in [-0.2, -0.15) is 0 Å². The lowest BCUT2D eigenvalue weighted by Crippen LogP contribution is -2.27. The molecule has 1 heterocycles. The largest absolute Gasteiger partial charge is 0.344 e. The van der Waals surface area contributed by atoms with Crippen molar-refractivity contribution in [2.75, 3.05) is 0 Å². The number of hydrogen-bond acceptors (Lipinski definition) is 2. The van der Waals surface area contributed by atoms with Crippen molar-refractivity contribution in [3.63, 3.8) is 0 Å². The van der Waals surface area contributed by atoms with E-state index in [1.807, 2.05) is 56.3 Å². The molecule has 1 aromatic heterocycles. The van der Waals surface area contributed by atoms with Gasteiger partial charge in [-0.05, 0) is 31.5 Å². The molecule has 0 saturated heterocycles. The van der Waals surface area contributed by atoms with Crippen molar-refractivity contribution in [3.05, 3.63) is 65.5 Å². The molecule has 0 aliphatic heterocycles. The van der Waals surface area contributed by atoms with Crippen LogP contribution in [-0.4, -0.2) is 10.9 Å². The predicted molar refractivity (Wildman–Crippen MR) is 71.3 cm³/mol. The van der Waals surface area contributed by atoms with Gasteiger partial charge in [0, 0.05) is 5.69 Å². The first-order valence-corrected chi connectivity index (χ1v) is 5.96. The Morgan fingerprint density at radius 2 is 1.83 bits per heavy atom. The lowest BCUT2D eigenvalue weighted by atomic mass is 10.1. The molecule has 0 fully saturated rings. The van der Waals surface area contributed by atoms with E-state index in [0.717, 1.165) is 11.3 Å². The maximum atomic E-state index is 12.0. The van der Waals surface area contributed by atoms with Crippen molar-refractivity contribution in [1.29, 1.82) is 0 Å². The molecule has 0 radical (unpaired) electrons. The van der Waals surface area contributed by atoms with Gasteiger partial charge < -0.3 is 5.32 Å². The van der Waals surface area contributed by atoms with Crippen molar-refractivity contribution in [2.24, 2.45) is 0 Å². The summed E-state index contributed by atoms with van der Waals surface area (Å²) < 4.78 is 0. The van der Waals surface area contributed by atoms with E-state index in [1.165, 1.54) is 0 Å². The number of carbonyl (C=O) groups excluding carboxylic acids is 1. The topological polar surface area (TPSA) is 42.0 Å². The van der Waals surface area contributed by atoms with E-state index in [9.17, 15) is 4.79 Å². The van der Waals surface area contributed by atoms with Gasteiger partial charge in [0.2, 0.25) is 0 Å². The molecule has 0 spiro atoms. The summed E-state index contributed by atoms with van der Waals surface area (Å²) in [6.07, 6.45) is 0. The lowest BCUT2D eigenvalue weighted by molar-refractivity contribution is 0.0934. The van der Waals surface area contributed by atoms with Gasteiger partial charge in [-0.25, -0.2) is 4.98 Å². The highest BCUT2D eigenvalue weighted by atomic mass is 16.1. The molecule has 0 unspecified atom stereocenters. The molecule has 0 saturated carbocycles. The number of rotatable bonds is 3. The van der Waals surface area contributed by atoms with Gasteiger partial charge in [0.1, 0.15) is 5.69 Å². The molecule has 2 rings (SSSR count). The molecule has 1 amide bonds. The van der Waals surface area contributed by atoms with Crippen LogP contribution in [0.25, 0.3) is 0 Å². The molecule has 1 N–H and O–H groups in total. The quantitative estimate of drug-likeness (QED) is 0.896. The number of amides is 1. The first-order chi connectivity index (χ1) is 8.66. The number of aryl methyl sites for hydroxylation is 1. The third-order valence-electron chi connectivity index (χ3n) is 2.77.